The number of benzene rings is 1. The van der Waals surface area contributed by atoms with E-state index in [2.05, 4.69) is 36.4 Å². The van der Waals surface area contributed by atoms with Crippen LogP contribution in [0.4, 0.5) is 10.5 Å². The van der Waals surface area contributed by atoms with Crippen LogP contribution >= 0.6 is 0 Å². The van der Waals surface area contributed by atoms with Crippen molar-refractivity contribution in [3.8, 4) is 0 Å². The highest BCUT2D eigenvalue weighted by molar-refractivity contribution is 5.89. The number of urea groups is 1. The SMILES string of the molecule is C[C@@H]1CN([C@H](C)CO)C(=O)CCCn2cc(nn2)CO[C@H]1CN(C)C(=O)Nc1ccc(C(C)(C)C)cc1. The highest BCUT2D eigenvalue weighted by Crippen LogP contribution is 2.24. The van der Waals surface area contributed by atoms with Crippen molar-refractivity contribution in [3.63, 3.8) is 0 Å². The van der Waals surface area contributed by atoms with E-state index in [9.17, 15) is 14.7 Å². The van der Waals surface area contributed by atoms with E-state index in [4.69, 9.17) is 4.74 Å². The third-order valence-electron chi connectivity index (χ3n) is 6.85. The maximum Gasteiger partial charge on any atom is 0.321 e. The maximum atomic E-state index is 13.0. The molecule has 0 saturated heterocycles. The number of aliphatic hydroxyl groups excluding tert-OH is 1. The normalized spacial score (nSPS) is 20.4. The zero-order valence-corrected chi connectivity index (χ0v) is 23.0. The minimum atomic E-state index is -0.369. The topological polar surface area (TPSA) is 113 Å². The van der Waals surface area contributed by atoms with E-state index in [1.54, 1.807) is 21.5 Å². The van der Waals surface area contributed by atoms with Crippen LogP contribution in [0.15, 0.2) is 30.5 Å². The molecule has 0 unspecified atom stereocenters. The first-order chi connectivity index (χ1) is 17.5. The number of rotatable bonds is 5. The molecule has 1 aromatic carbocycles. The molecule has 1 aromatic heterocycles. The van der Waals surface area contributed by atoms with Crippen LogP contribution in [0.3, 0.4) is 0 Å². The van der Waals surface area contributed by atoms with Gasteiger partial charge < -0.3 is 25.0 Å². The van der Waals surface area contributed by atoms with Crippen LogP contribution < -0.4 is 5.32 Å². The Morgan fingerprint density at radius 2 is 2.00 bits per heavy atom. The lowest BCUT2D eigenvalue weighted by atomic mass is 9.87. The fourth-order valence-corrected chi connectivity index (χ4v) is 4.32. The quantitative estimate of drug-likeness (QED) is 0.633. The summed E-state index contributed by atoms with van der Waals surface area (Å²) in [6.45, 7) is 11.7. The molecule has 2 heterocycles. The Hall–Kier alpha value is -2.98. The predicted molar refractivity (Wildman–Crippen MR) is 142 cm³/mol. The molecule has 0 radical (unpaired) electrons. The Kier molecular flexibility index (Phi) is 9.67. The Labute approximate surface area is 220 Å². The molecule has 3 amide bonds. The molecular formula is C27H42N6O4. The van der Waals surface area contributed by atoms with E-state index in [1.165, 1.54) is 5.56 Å². The van der Waals surface area contributed by atoms with Crippen molar-refractivity contribution in [2.45, 2.75) is 78.2 Å². The number of aliphatic hydroxyl groups is 1. The van der Waals surface area contributed by atoms with Gasteiger partial charge in [-0.25, -0.2) is 4.79 Å². The number of hydrogen-bond donors (Lipinski definition) is 2. The number of anilines is 1. The summed E-state index contributed by atoms with van der Waals surface area (Å²) in [7, 11) is 1.73. The van der Waals surface area contributed by atoms with Gasteiger partial charge in [-0.3, -0.25) is 9.48 Å². The van der Waals surface area contributed by atoms with Crippen molar-refractivity contribution < 1.29 is 19.4 Å². The van der Waals surface area contributed by atoms with Crippen LogP contribution in [0.2, 0.25) is 0 Å². The highest BCUT2D eigenvalue weighted by Gasteiger charge is 2.29. The van der Waals surface area contributed by atoms with Gasteiger partial charge in [-0.05, 0) is 36.5 Å². The van der Waals surface area contributed by atoms with E-state index in [0.29, 0.717) is 38.2 Å². The molecule has 3 atom stereocenters. The zero-order valence-electron chi connectivity index (χ0n) is 23.0. The molecular weight excluding hydrogens is 472 g/mol. The van der Waals surface area contributed by atoms with Gasteiger partial charge in [-0.15, -0.1) is 5.10 Å². The lowest BCUT2D eigenvalue weighted by molar-refractivity contribution is -0.136. The van der Waals surface area contributed by atoms with Gasteiger partial charge in [-0.1, -0.05) is 45.0 Å². The molecule has 0 fully saturated rings. The molecule has 3 rings (SSSR count). The third kappa shape index (κ3) is 8.00. The Bertz CT molecular complexity index is 1030. The van der Waals surface area contributed by atoms with E-state index < -0.39 is 0 Å². The van der Waals surface area contributed by atoms with E-state index in [1.807, 2.05) is 44.3 Å². The molecule has 1 aliphatic heterocycles. The number of carbonyl (C=O) groups excluding carboxylic acids is 2. The van der Waals surface area contributed by atoms with Gasteiger partial charge in [-0.2, -0.15) is 0 Å². The molecule has 37 heavy (non-hydrogen) atoms. The highest BCUT2D eigenvalue weighted by atomic mass is 16.5. The van der Waals surface area contributed by atoms with Gasteiger partial charge in [0.2, 0.25) is 5.91 Å². The number of nitrogens with zero attached hydrogens (tertiary/aromatic N) is 5. The van der Waals surface area contributed by atoms with Crippen LogP contribution in [0.1, 0.15) is 58.7 Å². The largest absolute Gasteiger partial charge is 0.394 e. The van der Waals surface area contributed by atoms with E-state index in [-0.39, 0.29) is 48.6 Å². The first-order valence-electron chi connectivity index (χ1n) is 13.0. The number of amides is 3. The summed E-state index contributed by atoms with van der Waals surface area (Å²) in [5, 5.41) is 21.0. The smallest absolute Gasteiger partial charge is 0.321 e. The first kappa shape index (κ1) is 28.6. The third-order valence-corrected chi connectivity index (χ3v) is 6.85. The minimum absolute atomic E-state index is 0.0171. The summed E-state index contributed by atoms with van der Waals surface area (Å²) in [5.41, 5.74) is 2.65. The van der Waals surface area contributed by atoms with Gasteiger partial charge in [0.15, 0.2) is 0 Å². The standard InChI is InChI=1S/C27H42N6O4/c1-19-14-33(20(2)17-34)25(35)8-7-13-32-15-23(29-30-32)18-37-24(19)16-31(6)26(36)28-22-11-9-21(10-12-22)27(3,4)5/h9-12,15,19-20,24,34H,7-8,13-14,16-18H2,1-6H3,(H,28,36)/t19-,20-,24+/m1/s1. The minimum Gasteiger partial charge on any atom is -0.394 e. The number of aryl methyl sites for hydroxylation is 1. The molecule has 2 aromatic rings. The van der Waals surface area contributed by atoms with Crippen molar-refractivity contribution in [2.24, 2.45) is 5.92 Å². The van der Waals surface area contributed by atoms with E-state index in [0.717, 1.165) is 5.69 Å². The van der Waals surface area contributed by atoms with Crippen molar-refractivity contribution in [1.82, 2.24) is 24.8 Å². The number of aromatic nitrogens is 3. The van der Waals surface area contributed by atoms with E-state index >= 15 is 0 Å². The number of fused-ring (bicyclic) bond motifs is 2. The summed E-state index contributed by atoms with van der Waals surface area (Å²) in [5.74, 6) is -0.119. The summed E-state index contributed by atoms with van der Waals surface area (Å²) < 4.78 is 7.96. The molecule has 1 aliphatic rings. The zero-order chi connectivity index (χ0) is 27.2. The number of nitrogens with one attached hydrogen (secondary N) is 1. The van der Waals surface area contributed by atoms with Crippen LogP contribution in [-0.2, 0) is 28.1 Å². The van der Waals surface area contributed by atoms with Gasteiger partial charge >= 0.3 is 6.03 Å². The molecule has 0 spiro atoms. The summed E-state index contributed by atoms with van der Waals surface area (Å²) in [6.07, 6.45) is 2.45. The summed E-state index contributed by atoms with van der Waals surface area (Å²) in [4.78, 5) is 29.3. The second kappa shape index (κ2) is 12.5. The molecule has 0 saturated carbocycles. The van der Waals surface area contributed by atoms with Gasteiger partial charge in [0.1, 0.15) is 5.69 Å². The number of ether oxygens (including phenoxy) is 1. The van der Waals surface area contributed by atoms with Gasteiger partial charge in [0.25, 0.3) is 0 Å². The molecule has 204 valence electrons. The van der Waals surface area contributed by atoms with Crippen molar-refractivity contribution >= 4 is 17.6 Å². The van der Waals surface area contributed by atoms with Gasteiger partial charge in [0.05, 0.1) is 31.6 Å². The van der Waals surface area contributed by atoms with Gasteiger partial charge in [0, 0.05) is 44.7 Å². The Balaban J connectivity index is 1.73. The van der Waals surface area contributed by atoms with Crippen molar-refractivity contribution in [3.05, 3.63) is 41.7 Å². The first-order valence-corrected chi connectivity index (χ1v) is 13.0. The van der Waals surface area contributed by atoms with Crippen molar-refractivity contribution in [2.75, 3.05) is 32.1 Å². The average molecular weight is 515 g/mol. The summed E-state index contributed by atoms with van der Waals surface area (Å²) in [6, 6.07) is 7.32. The second-order valence-electron chi connectivity index (χ2n) is 11.1. The summed E-state index contributed by atoms with van der Waals surface area (Å²) >= 11 is 0. The maximum absolute atomic E-state index is 13.0. The molecule has 10 heteroatoms. The number of likely N-dealkylation sites (N-methyl/N-ethyl adjacent to an activating group) is 1. The lowest BCUT2D eigenvalue weighted by Gasteiger charge is -2.35. The fourth-order valence-electron chi connectivity index (χ4n) is 4.32. The Morgan fingerprint density at radius 1 is 1.30 bits per heavy atom. The van der Waals surface area contributed by atoms with Crippen LogP contribution in [-0.4, -0.2) is 80.7 Å². The molecule has 2 N–H and O–H groups in total. The molecule has 10 nitrogen and oxygen atoms in total. The molecule has 2 bridgehead atoms. The number of hydrogen-bond acceptors (Lipinski definition) is 6. The number of carbonyl (C=O) groups is 2. The van der Waals surface area contributed by atoms with Crippen LogP contribution in [0, 0.1) is 5.92 Å². The fraction of sp³-hybridized carbons (Fsp3) is 0.630. The predicted octanol–water partition coefficient (Wildman–Crippen LogP) is 3.26. The second-order valence-corrected chi connectivity index (χ2v) is 11.1. The van der Waals surface area contributed by atoms with Crippen LogP contribution in [0.25, 0.3) is 0 Å². The molecule has 0 aliphatic carbocycles. The average Bonchev–Trinajstić information content (AvgIpc) is 3.31. The Morgan fingerprint density at radius 3 is 2.65 bits per heavy atom. The van der Waals surface area contributed by atoms with Crippen LogP contribution in [0.5, 0.6) is 0 Å². The monoisotopic (exact) mass is 514 g/mol. The van der Waals surface area contributed by atoms with Crippen molar-refractivity contribution in [1.29, 1.82) is 0 Å². The lowest BCUT2D eigenvalue weighted by Crippen LogP contribution is -2.48.